The second kappa shape index (κ2) is 11.6. The summed E-state index contributed by atoms with van der Waals surface area (Å²) in [6.07, 6.45) is 0. The van der Waals surface area contributed by atoms with Gasteiger partial charge in [0.2, 0.25) is 0 Å². The van der Waals surface area contributed by atoms with Crippen LogP contribution in [-0.4, -0.2) is 0 Å². The van der Waals surface area contributed by atoms with Crippen LogP contribution in [0, 0.1) is 39.5 Å². The van der Waals surface area contributed by atoms with Crippen molar-refractivity contribution in [3.8, 4) is 11.8 Å². The summed E-state index contributed by atoms with van der Waals surface area (Å²) >= 11 is 0. The normalized spacial score (nSPS) is 9.40. The fourth-order valence-corrected chi connectivity index (χ4v) is 3.02. The maximum atomic E-state index is 3.16. The Morgan fingerprint density at radius 2 is 0.767 bits per heavy atom. The maximum Gasteiger partial charge on any atom is 0.0249 e. The van der Waals surface area contributed by atoms with Gasteiger partial charge in [0.25, 0.3) is 0 Å². The molecule has 0 saturated heterocycles. The van der Waals surface area contributed by atoms with Crippen molar-refractivity contribution >= 4 is 10.8 Å². The predicted octanol–water partition coefficient (Wildman–Crippen LogP) is 8.19. The fraction of sp³-hybridized carbons (Fsp3) is 0.200. The Kier molecular flexibility index (Phi) is 8.92. The molecule has 4 aromatic carbocycles. The highest BCUT2D eigenvalue weighted by Gasteiger charge is 1.97. The maximum absolute atomic E-state index is 3.16. The Labute approximate surface area is 182 Å². The van der Waals surface area contributed by atoms with Crippen LogP contribution < -0.4 is 0 Å². The summed E-state index contributed by atoms with van der Waals surface area (Å²) < 4.78 is 0. The van der Waals surface area contributed by atoms with E-state index in [1.807, 2.05) is 13.8 Å². The van der Waals surface area contributed by atoms with Gasteiger partial charge in [-0.05, 0) is 73.9 Å². The Balaban J connectivity index is 0.000000204. The molecule has 0 spiro atoms. The number of aryl methyl sites for hydroxylation is 4. The smallest absolute Gasteiger partial charge is 0.0249 e. The summed E-state index contributed by atoms with van der Waals surface area (Å²) in [4.78, 5) is 0. The van der Waals surface area contributed by atoms with Crippen molar-refractivity contribution in [2.75, 3.05) is 0 Å². The average Bonchev–Trinajstić information content (AvgIpc) is 2.79. The van der Waals surface area contributed by atoms with E-state index in [4.69, 9.17) is 0 Å². The first-order valence-corrected chi connectivity index (χ1v) is 10.6. The highest BCUT2D eigenvalue weighted by atomic mass is 14.0. The lowest BCUT2D eigenvalue weighted by atomic mass is 10.0. The molecule has 152 valence electrons. The minimum Gasteiger partial charge on any atom is -0.0683 e. The molecule has 0 unspecified atom stereocenters. The summed E-state index contributed by atoms with van der Waals surface area (Å²) in [7, 11) is 0. The third-order valence-electron chi connectivity index (χ3n) is 4.81. The average molecular weight is 393 g/mol. The lowest BCUT2D eigenvalue weighted by molar-refractivity contribution is 1.45. The van der Waals surface area contributed by atoms with Gasteiger partial charge in [0, 0.05) is 11.1 Å². The molecule has 0 atom stereocenters. The number of hydrogen-bond acceptors (Lipinski definition) is 0. The van der Waals surface area contributed by atoms with Gasteiger partial charge in [-0.3, -0.25) is 0 Å². The van der Waals surface area contributed by atoms with E-state index < -0.39 is 0 Å². The largest absolute Gasteiger partial charge is 0.0683 e. The Hall–Kier alpha value is -3.30. The van der Waals surface area contributed by atoms with Crippen LogP contribution in [0.25, 0.3) is 10.8 Å². The van der Waals surface area contributed by atoms with E-state index in [9.17, 15) is 0 Å². The highest BCUT2D eigenvalue weighted by Crippen LogP contribution is 2.21. The van der Waals surface area contributed by atoms with E-state index in [0.29, 0.717) is 0 Å². The minimum atomic E-state index is 1.06. The minimum absolute atomic E-state index is 1.06. The molecule has 0 fully saturated rings. The summed E-state index contributed by atoms with van der Waals surface area (Å²) in [6.45, 7) is 12.5. The Bertz CT molecular complexity index is 1030. The summed E-state index contributed by atoms with van der Waals surface area (Å²) in [5, 5.41) is 2.75. The first-order chi connectivity index (χ1) is 14.5. The molecule has 0 aliphatic rings. The van der Waals surface area contributed by atoms with Crippen molar-refractivity contribution in [3.63, 3.8) is 0 Å². The van der Waals surface area contributed by atoms with Gasteiger partial charge < -0.3 is 0 Å². The fourth-order valence-electron chi connectivity index (χ4n) is 3.02. The second-order valence-electron chi connectivity index (χ2n) is 7.23. The van der Waals surface area contributed by atoms with Crippen LogP contribution in [0.3, 0.4) is 0 Å². The van der Waals surface area contributed by atoms with Gasteiger partial charge in [0.1, 0.15) is 0 Å². The molecule has 0 bridgehead atoms. The van der Waals surface area contributed by atoms with Crippen LogP contribution in [0.15, 0.2) is 84.9 Å². The summed E-state index contributed by atoms with van der Waals surface area (Å²) in [5.41, 5.74) is 7.37. The predicted molar refractivity (Wildman–Crippen MR) is 133 cm³/mol. The van der Waals surface area contributed by atoms with Crippen molar-refractivity contribution in [2.45, 2.75) is 41.5 Å². The van der Waals surface area contributed by atoms with E-state index in [-0.39, 0.29) is 0 Å². The molecule has 0 nitrogen and oxygen atoms in total. The molecule has 0 aromatic heterocycles. The van der Waals surface area contributed by atoms with Gasteiger partial charge in [0.15, 0.2) is 0 Å². The molecular weight excluding hydrogens is 360 g/mol. The lowest BCUT2D eigenvalue weighted by Gasteiger charge is -2.03. The second-order valence-corrected chi connectivity index (χ2v) is 7.23. The van der Waals surface area contributed by atoms with Crippen LogP contribution in [-0.2, 0) is 0 Å². The standard InChI is InChI=1S/C16H14.C12H12.C2H6/c1-13-3-7-15(8-4-13)11-12-16-9-5-14(2)6-10-16;1-9-7-8-10(2)12-6-4-3-5-11(9)12;1-2/h3-10H,1-2H3;3-8H,1-2H3;1-2H3. The number of fused-ring (bicyclic) bond motifs is 1. The number of hydrogen-bond donors (Lipinski definition) is 0. The van der Waals surface area contributed by atoms with Crippen LogP contribution >= 0.6 is 0 Å². The zero-order chi connectivity index (χ0) is 21.9. The van der Waals surface area contributed by atoms with Gasteiger partial charge in [-0.1, -0.05) is 97.5 Å². The Morgan fingerprint density at radius 3 is 1.10 bits per heavy atom. The molecule has 0 heterocycles. The van der Waals surface area contributed by atoms with Crippen molar-refractivity contribution in [3.05, 3.63) is 118 Å². The number of rotatable bonds is 0. The first kappa shape index (κ1) is 23.0. The molecular formula is C30H32. The molecule has 0 radical (unpaired) electrons. The van der Waals surface area contributed by atoms with Crippen LogP contribution in [0.2, 0.25) is 0 Å². The summed E-state index contributed by atoms with van der Waals surface area (Å²) in [6, 6.07) is 29.4. The molecule has 0 aliphatic carbocycles. The first-order valence-electron chi connectivity index (χ1n) is 10.6. The van der Waals surface area contributed by atoms with Crippen molar-refractivity contribution in [1.82, 2.24) is 0 Å². The third kappa shape index (κ3) is 6.64. The molecule has 0 aliphatic heterocycles. The van der Waals surface area contributed by atoms with E-state index in [1.165, 1.54) is 33.0 Å². The van der Waals surface area contributed by atoms with Crippen LogP contribution in [0.1, 0.15) is 47.2 Å². The van der Waals surface area contributed by atoms with E-state index in [0.717, 1.165) is 11.1 Å². The van der Waals surface area contributed by atoms with Gasteiger partial charge >= 0.3 is 0 Å². The quantitative estimate of drug-likeness (QED) is 0.265. The molecule has 0 heteroatoms. The SMILES string of the molecule is CC.Cc1ccc(C#Cc2ccc(C)cc2)cc1.Cc1ccc(C)c2ccccc12. The third-order valence-corrected chi connectivity index (χ3v) is 4.81. The number of benzene rings is 4. The van der Waals surface area contributed by atoms with Gasteiger partial charge in [-0.2, -0.15) is 0 Å². The van der Waals surface area contributed by atoms with Gasteiger partial charge in [0.05, 0.1) is 0 Å². The molecule has 0 amide bonds. The van der Waals surface area contributed by atoms with E-state index in [2.05, 4.69) is 124 Å². The van der Waals surface area contributed by atoms with Gasteiger partial charge in [-0.15, -0.1) is 0 Å². The van der Waals surface area contributed by atoms with E-state index >= 15 is 0 Å². The van der Waals surface area contributed by atoms with Crippen LogP contribution in [0.5, 0.6) is 0 Å². The lowest BCUT2D eigenvalue weighted by Crippen LogP contribution is -1.80. The summed E-state index contributed by atoms with van der Waals surface area (Å²) in [5.74, 6) is 6.32. The topological polar surface area (TPSA) is 0 Å². The molecule has 0 saturated carbocycles. The van der Waals surface area contributed by atoms with Crippen molar-refractivity contribution in [2.24, 2.45) is 0 Å². The zero-order valence-corrected chi connectivity index (χ0v) is 19.1. The molecule has 0 N–H and O–H groups in total. The van der Waals surface area contributed by atoms with Gasteiger partial charge in [-0.25, -0.2) is 0 Å². The Morgan fingerprint density at radius 1 is 0.433 bits per heavy atom. The molecule has 30 heavy (non-hydrogen) atoms. The van der Waals surface area contributed by atoms with Crippen LogP contribution in [0.4, 0.5) is 0 Å². The zero-order valence-electron chi connectivity index (χ0n) is 19.1. The molecule has 4 aromatic rings. The van der Waals surface area contributed by atoms with Crippen molar-refractivity contribution < 1.29 is 0 Å². The van der Waals surface area contributed by atoms with Crippen molar-refractivity contribution in [1.29, 1.82) is 0 Å². The molecule has 4 rings (SSSR count). The van der Waals surface area contributed by atoms with E-state index in [1.54, 1.807) is 0 Å². The monoisotopic (exact) mass is 392 g/mol. The highest BCUT2D eigenvalue weighted by molar-refractivity contribution is 5.88.